The summed E-state index contributed by atoms with van der Waals surface area (Å²) in [5, 5.41) is 14.0. The van der Waals surface area contributed by atoms with E-state index >= 15 is 0 Å². The van der Waals surface area contributed by atoms with Gasteiger partial charge in [-0.3, -0.25) is 0 Å². The molecule has 2 atom stereocenters. The van der Waals surface area contributed by atoms with Crippen molar-refractivity contribution in [2.45, 2.75) is 32.4 Å². The number of rotatable bonds is 9. The lowest BCUT2D eigenvalue weighted by Crippen LogP contribution is -2.48. The van der Waals surface area contributed by atoms with Crippen LogP contribution in [0.15, 0.2) is 0 Å². The van der Waals surface area contributed by atoms with E-state index in [1.54, 1.807) is 0 Å². The predicted octanol–water partition coefficient (Wildman–Crippen LogP) is 0.446. The lowest BCUT2D eigenvalue weighted by atomic mass is 10.0. The van der Waals surface area contributed by atoms with Gasteiger partial charge in [-0.15, -0.1) is 0 Å². The summed E-state index contributed by atoms with van der Waals surface area (Å²) in [4.78, 5) is 22.6. The highest BCUT2D eigenvalue weighted by atomic mass is 16.5. The molecule has 0 aromatic heterocycles. The molecule has 0 aliphatic rings. The van der Waals surface area contributed by atoms with Crippen LogP contribution < -0.4 is 10.6 Å². The first kappa shape index (κ1) is 17.7. The van der Waals surface area contributed by atoms with Crippen molar-refractivity contribution in [3.63, 3.8) is 0 Å². The van der Waals surface area contributed by atoms with E-state index in [-0.39, 0.29) is 18.6 Å². The summed E-state index contributed by atoms with van der Waals surface area (Å²) < 4.78 is 9.98. The molecule has 7 heteroatoms. The highest BCUT2D eigenvalue weighted by Crippen LogP contribution is 2.04. The van der Waals surface area contributed by atoms with Crippen molar-refractivity contribution < 1.29 is 24.2 Å². The average Bonchev–Trinajstić information content (AvgIpc) is 2.32. The second kappa shape index (κ2) is 9.57. The van der Waals surface area contributed by atoms with Gasteiger partial charge in [-0.1, -0.05) is 13.8 Å². The molecule has 0 bridgehead atoms. The van der Waals surface area contributed by atoms with Gasteiger partial charge < -0.3 is 25.2 Å². The van der Waals surface area contributed by atoms with Crippen molar-refractivity contribution in [1.29, 1.82) is 0 Å². The van der Waals surface area contributed by atoms with Crippen LogP contribution in [0.25, 0.3) is 0 Å². The molecular formula is C12H24N2O5. The molecular weight excluding hydrogens is 252 g/mol. The summed E-state index contributed by atoms with van der Waals surface area (Å²) in [6.45, 7) is 4.40. The molecule has 19 heavy (non-hydrogen) atoms. The van der Waals surface area contributed by atoms with Gasteiger partial charge in [0, 0.05) is 20.8 Å². The van der Waals surface area contributed by atoms with Gasteiger partial charge in [-0.05, 0) is 12.3 Å². The summed E-state index contributed by atoms with van der Waals surface area (Å²) in [6, 6.07) is -1.41. The summed E-state index contributed by atoms with van der Waals surface area (Å²) in [7, 11) is 3.05. The van der Waals surface area contributed by atoms with Gasteiger partial charge in [0.05, 0.1) is 12.7 Å². The molecule has 0 heterocycles. The van der Waals surface area contributed by atoms with Crippen LogP contribution in [0.1, 0.15) is 20.3 Å². The number of methoxy groups -OCH3 is 2. The van der Waals surface area contributed by atoms with Crippen molar-refractivity contribution in [2.75, 3.05) is 27.4 Å². The summed E-state index contributed by atoms with van der Waals surface area (Å²) in [5.41, 5.74) is 0. The molecule has 2 amide bonds. The molecule has 0 saturated heterocycles. The molecule has 112 valence electrons. The van der Waals surface area contributed by atoms with Crippen LogP contribution in [0.2, 0.25) is 0 Å². The maximum absolute atomic E-state index is 11.6. The molecule has 0 saturated carbocycles. The Labute approximate surface area is 113 Å². The monoisotopic (exact) mass is 276 g/mol. The first-order valence-electron chi connectivity index (χ1n) is 6.19. The Bertz CT molecular complexity index is 283. The molecule has 0 fully saturated rings. The van der Waals surface area contributed by atoms with Crippen LogP contribution in [0, 0.1) is 5.92 Å². The Morgan fingerprint density at radius 2 is 1.89 bits per heavy atom. The number of carboxylic acids is 1. The first-order valence-corrected chi connectivity index (χ1v) is 6.19. The van der Waals surface area contributed by atoms with Crippen molar-refractivity contribution in [3.05, 3.63) is 0 Å². The van der Waals surface area contributed by atoms with Gasteiger partial charge in [0.1, 0.15) is 6.04 Å². The van der Waals surface area contributed by atoms with Crippen LogP contribution in [-0.2, 0) is 14.3 Å². The number of ether oxygens (including phenoxy) is 2. The number of carbonyl (C=O) groups is 2. The minimum Gasteiger partial charge on any atom is -0.480 e. The number of amides is 2. The molecule has 2 unspecified atom stereocenters. The summed E-state index contributed by atoms with van der Waals surface area (Å²) in [5.74, 6) is -0.856. The Kier molecular flexibility index (Phi) is 8.90. The number of urea groups is 1. The van der Waals surface area contributed by atoms with Gasteiger partial charge in [0.2, 0.25) is 0 Å². The zero-order chi connectivity index (χ0) is 14.8. The second-order valence-corrected chi connectivity index (χ2v) is 4.69. The molecule has 7 nitrogen and oxygen atoms in total. The second-order valence-electron chi connectivity index (χ2n) is 4.69. The molecule has 0 aromatic rings. The zero-order valence-electron chi connectivity index (χ0n) is 11.9. The van der Waals surface area contributed by atoms with Crippen LogP contribution >= 0.6 is 0 Å². The van der Waals surface area contributed by atoms with Crippen molar-refractivity contribution in [2.24, 2.45) is 5.92 Å². The first-order chi connectivity index (χ1) is 8.90. The van der Waals surface area contributed by atoms with Crippen LogP contribution in [-0.4, -0.2) is 56.6 Å². The number of hydrogen-bond donors (Lipinski definition) is 3. The van der Waals surface area contributed by atoms with Crippen LogP contribution in [0.4, 0.5) is 4.79 Å². The lowest BCUT2D eigenvalue weighted by Gasteiger charge is -2.19. The fourth-order valence-electron chi connectivity index (χ4n) is 1.50. The Balaban J connectivity index is 4.15. The minimum atomic E-state index is -1.04. The van der Waals surface area contributed by atoms with Gasteiger partial charge in [0.15, 0.2) is 0 Å². The molecule has 0 aromatic carbocycles. The number of nitrogens with one attached hydrogen (secondary N) is 2. The molecule has 0 aliphatic heterocycles. The van der Waals surface area contributed by atoms with E-state index in [1.165, 1.54) is 14.2 Å². The Morgan fingerprint density at radius 3 is 2.32 bits per heavy atom. The van der Waals surface area contributed by atoms with E-state index in [2.05, 4.69) is 10.6 Å². The van der Waals surface area contributed by atoms with Crippen LogP contribution in [0.5, 0.6) is 0 Å². The quantitative estimate of drug-likeness (QED) is 0.568. The summed E-state index contributed by atoms with van der Waals surface area (Å²) >= 11 is 0. The van der Waals surface area contributed by atoms with Gasteiger partial charge >= 0.3 is 12.0 Å². The maximum Gasteiger partial charge on any atom is 0.326 e. The Morgan fingerprint density at radius 1 is 1.26 bits per heavy atom. The number of carbonyl (C=O) groups excluding carboxylic acids is 1. The van der Waals surface area contributed by atoms with Gasteiger partial charge in [0.25, 0.3) is 0 Å². The Hall–Kier alpha value is -1.34. The maximum atomic E-state index is 11.6. The number of hydrogen-bond acceptors (Lipinski definition) is 4. The van der Waals surface area contributed by atoms with Gasteiger partial charge in [-0.25, -0.2) is 9.59 Å². The summed E-state index contributed by atoms with van der Waals surface area (Å²) in [6.07, 6.45) is 0.123. The normalized spacial score (nSPS) is 13.9. The topological polar surface area (TPSA) is 96.9 Å². The third-order valence-electron chi connectivity index (χ3n) is 2.49. The molecule has 0 radical (unpaired) electrons. The third kappa shape index (κ3) is 8.39. The molecule has 0 aliphatic carbocycles. The highest BCUT2D eigenvalue weighted by molar-refractivity contribution is 5.82. The van der Waals surface area contributed by atoms with E-state index in [1.807, 2.05) is 13.8 Å². The standard InChI is InChI=1S/C12H24N2O5/c1-8(2)5-10(11(15)16)14-12(17)13-6-9(19-4)7-18-3/h8-10H,5-7H2,1-4H3,(H,15,16)(H2,13,14,17). The minimum absolute atomic E-state index is 0.182. The van der Waals surface area contributed by atoms with Gasteiger partial charge in [-0.2, -0.15) is 0 Å². The highest BCUT2D eigenvalue weighted by Gasteiger charge is 2.21. The van der Waals surface area contributed by atoms with E-state index in [0.29, 0.717) is 13.0 Å². The van der Waals surface area contributed by atoms with E-state index in [0.717, 1.165) is 0 Å². The fourth-order valence-corrected chi connectivity index (χ4v) is 1.50. The lowest BCUT2D eigenvalue weighted by molar-refractivity contribution is -0.139. The number of aliphatic carboxylic acids is 1. The van der Waals surface area contributed by atoms with Crippen LogP contribution in [0.3, 0.4) is 0 Å². The molecule has 0 spiro atoms. The SMILES string of the molecule is COCC(CNC(=O)NC(CC(C)C)C(=O)O)OC. The fraction of sp³-hybridized carbons (Fsp3) is 0.833. The van der Waals surface area contributed by atoms with Crippen molar-refractivity contribution in [1.82, 2.24) is 10.6 Å². The van der Waals surface area contributed by atoms with Crippen molar-refractivity contribution in [3.8, 4) is 0 Å². The third-order valence-corrected chi connectivity index (χ3v) is 2.49. The van der Waals surface area contributed by atoms with E-state index < -0.39 is 18.0 Å². The van der Waals surface area contributed by atoms with E-state index in [9.17, 15) is 9.59 Å². The van der Waals surface area contributed by atoms with E-state index in [4.69, 9.17) is 14.6 Å². The number of carboxylic acid groups (broad SMARTS) is 1. The zero-order valence-corrected chi connectivity index (χ0v) is 11.9. The molecule has 3 N–H and O–H groups in total. The largest absolute Gasteiger partial charge is 0.480 e. The smallest absolute Gasteiger partial charge is 0.326 e. The average molecular weight is 276 g/mol. The van der Waals surface area contributed by atoms with Crippen molar-refractivity contribution >= 4 is 12.0 Å². The molecule has 0 rings (SSSR count). The predicted molar refractivity (Wildman–Crippen MR) is 70.1 cm³/mol.